The maximum Gasteiger partial charge on any atom is 0.313 e. The molecule has 1 aromatic heterocycles. The zero-order valence-corrected chi connectivity index (χ0v) is 16.7. The summed E-state index contributed by atoms with van der Waals surface area (Å²) >= 11 is 0. The van der Waals surface area contributed by atoms with Crippen molar-refractivity contribution < 1.29 is 18.7 Å². The number of hydrogen-bond donors (Lipinski definition) is 1. The molecule has 1 aliphatic carbocycles. The van der Waals surface area contributed by atoms with E-state index in [9.17, 15) is 14.0 Å². The van der Waals surface area contributed by atoms with Gasteiger partial charge < -0.3 is 15.0 Å². The van der Waals surface area contributed by atoms with Crippen molar-refractivity contribution in [2.75, 3.05) is 19.4 Å². The molecule has 0 atom stereocenters. The number of anilines is 1. The van der Waals surface area contributed by atoms with E-state index >= 15 is 0 Å². The first kappa shape index (κ1) is 20.9. The molecule has 3 rings (SSSR count). The number of carbonyl (C=O) groups excluding carboxylic acids is 2. The third kappa shape index (κ3) is 5.60. The normalized spacial score (nSPS) is 18.9. The summed E-state index contributed by atoms with van der Waals surface area (Å²) in [6.07, 6.45) is 5.37. The SMILES string of the molecule is CN(C)C(=O)C(=O)Nc1cccnc1COC1CCC(c2cccc(F)c2)CC1. The number of aromatic nitrogens is 1. The first-order valence-corrected chi connectivity index (χ1v) is 9.77. The van der Waals surface area contributed by atoms with Gasteiger partial charge in [-0.25, -0.2) is 4.39 Å². The number of hydrogen-bond acceptors (Lipinski definition) is 4. The second kappa shape index (κ2) is 9.60. The van der Waals surface area contributed by atoms with Crippen LogP contribution in [0.5, 0.6) is 0 Å². The summed E-state index contributed by atoms with van der Waals surface area (Å²) in [7, 11) is 3.05. The highest BCUT2D eigenvalue weighted by atomic mass is 19.1. The van der Waals surface area contributed by atoms with Crippen LogP contribution < -0.4 is 5.32 Å². The molecule has 1 aliphatic rings. The molecule has 0 saturated heterocycles. The molecule has 6 nitrogen and oxygen atoms in total. The summed E-state index contributed by atoms with van der Waals surface area (Å²) in [4.78, 5) is 29.3. The minimum Gasteiger partial charge on any atom is -0.372 e. The number of nitrogens with one attached hydrogen (secondary N) is 1. The predicted molar refractivity (Wildman–Crippen MR) is 108 cm³/mol. The number of likely N-dealkylation sites (N-methyl/N-ethyl adjacent to an activating group) is 1. The lowest BCUT2D eigenvalue weighted by atomic mass is 9.83. The van der Waals surface area contributed by atoms with Crippen molar-refractivity contribution in [3.05, 3.63) is 59.7 Å². The molecule has 0 spiro atoms. The number of pyridine rings is 1. The van der Waals surface area contributed by atoms with Crippen molar-refractivity contribution in [2.45, 2.75) is 44.3 Å². The van der Waals surface area contributed by atoms with E-state index < -0.39 is 11.8 Å². The summed E-state index contributed by atoms with van der Waals surface area (Å²) in [5, 5.41) is 2.61. The van der Waals surface area contributed by atoms with Crippen molar-refractivity contribution >= 4 is 17.5 Å². The van der Waals surface area contributed by atoms with Crippen LogP contribution in [0.25, 0.3) is 0 Å². The van der Waals surface area contributed by atoms with Gasteiger partial charge in [-0.1, -0.05) is 12.1 Å². The summed E-state index contributed by atoms with van der Waals surface area (Å²) in [6.45, 7) is 0.252. The van der Waals surface area contributed by atoms with Crippen LogP contribution in [0.3, 0.4) is 0 Å². The maximum atomic E-state index is 13.4. The minimum absolute atomic E-state index is 0.0915. The third-order valence-corrected chi connectivity index (χ3v) is 5.19. The van der Waals surface area contributed by atoms with E-state index in [2.05, 4.69) is 10.3 Å². The van der Waals surface area contributed by atoms with Crippen LogP contribution in [0.2, 0.25) is 0 Å². The number of benzene rings is 1. The van der Waals surface area contributed by atoms with E-state index in [1.807, 2.05) is 6.07 Å². The Labute approximate surface area is 170 Å². The molecule has 0 unspecified atom stereocenters. The topological polar surface area (TPSA) is 71.5 Å². The smallest absolute Gasteiger partial charge is 0.313 e. The first-order chi connectivity index (χ1) is 13.9. The van der Waals surface area contributed by atoms with E-state index in [0.717, 1.165) is 31.2 Å². The second-order valence-electron chi connectivity index (χ2n) is 7.49. The van der Waals surface area contributed by atoms with Gasteiger partial charge >= 0.3 is 11.8 Å². The quantitative estimate of drug-likeness (QED) is 0.782. The summed E-state index contributed by atoms with van der Waals surface area (Å²) in [6, 6.07) is 10.2. The predicted octanol–water partition coefficient (Wildman–Crippen LogP) is 3.49. The van der Waals surface area contributed by atoms with Gasteiger partial charge in [-0.05, 0) is 61.4 Å². The fourth-order valence-corrected chi connectivity index (χ4v) is 3.57. The largest absolute Gasteiger partial charge is 0.372 e. The van der Waals surface area contributed by atoms with Crippen LogP contribution in [0.15, 0.2) is 42.6 Å². The fourth-order valence-electron chi connectivity index (χ4n) is 3.57. The number of nitrogens with zero attached hydrogens (tertiary/aromatic N) is 2. The highest BCUT2D eigenvalue weighted by Gasteiger charge is 2.24. The van der Waals surface area contributed by atoms with Gasteiger partial charge in [0.1, 0.15) is 5.82 Å². The second-order valence-corrected chi connectivity index (χ2v) is 7.49. The molecule has 1 heterocycles. The Morgan fingerprint density at radius 1 is 1.17 bits per heavy atom. The third-order valence-electron chi connectivity index (χ3n) is 5.19. The Kier molecular flexibility index (Phi) is 6.93. The van der Waals surface area contributed by atoms with Crippen molar-refractivity contribution in [2.24, 2.45) is 0 Å². The molecule has 0 aliphatic heterocycles. The van der Waals surface area contributed by atoms with E-state index in [0.29, 0.717) is 17.3 Å². The molecule has 1 N–H and O–H groups in total. The Bertz CT molecular complexity index is 864. The zero-order valence-electron chi connectivity index (χ0n) is 16.7. The highest BCUT2D eigenvalue weighted by molar-refractivity contribution is 6.39. The van der Waals surface area contributed by atoms with Crippen LogP contribution >= 0.6 is 0 Å². The van der Waals surface area contributed by atoms with Crippen LogP contribution in [-0.4, -0.2) is 41.9 Å². The van der Waals surface area contributed by atoms with E-state index in [1.54, 1.807) is 30.5 Å². The average Bonchev–Trinajstić information content (AvgIpc) is 2.73. The molecule has 0 bridgehead atoms. The lowest BCUT2D eigenvalue weighted by molar-refractivity contribution is -0.141. The van der Waals surface area contributed by atoms with Gasteiger partial charge in [0.15, 0.2) is 0 Å². The van der Waals surface area contributed by atoms with Gasteiger partial charge in [-0.3, -0.25) is 14.6 Å². The van der Waals surface area contributed by atoms with Crippen LogP contribution in [0.4, 0.5) is 10.1 Å². The minimum atomic E-state index is -0.708. The Balaban J connectivity index is 1.53. The van der Waals surface area contributed by atoms with Gasteiger partial charge in [-0.15, -0.1) is 0 Å². The number of halogens is 1. The maximum absolute atomic E-state index is 13.4. The Hall–Kier alpha value is -2.80. The van der Waals surface area contributed by atoms with Crippen molar-refractivity contribution in [3.8, 4) is 0 Å². The van der Waals surface area contributed by atoms with Crippen molar-refractivity contribution in [3.63, 3.8) is 0 Å². The van der Waals surface area contributed by atoms with E-state index in [4.69, 9.17) is 4.74 Å². The van der Waals surface area contributed by atoms with Gasteiger partial charge in [0.05, 0.1) is 24.1 Å². The molecule has 2 aromatic rings. The molecule has 29 heavy (non-hydrogen) atoms. The van der Waals surface area contributed by atoms with Gasteiger partial charge in [-0.2, -0.15) is 0 Å². The first-order valence-electron chi connectivity index (χ1n) is 9.77. The summed E-state index contributed by atoms with van der Waals surface area (Å²) in [5.74, 6) is -1.18. The van der Waals surface area contributed by atoms with E-state index in [1.165, 1.54) is 25.1 Å². The lowest BCUT2D eigenvalue weighted by Crippen LogP contribution is -2.34. The monoisotopic (exact) mass is 399 g/mol. The van der Waals surface area contributed by atoms with Crippen LogP contribution in [0.1, 0.15) is 42.9 Å². The van der Waals surface area contributed by atoms with Crippen LogP contribution in [-0.2, 0) is 20.9 Å². The summed E-state index contributed by atoms with van der Waals surface area (Å²) in [5.41, 5.74) is 2.10. The lowest BCUT2D eigenvalue weighted by Gasteiger charge is -2.29. The van der Waals surface area contributed by atoms with Gasteiger partial charge in [0.25, 0.3) is 0 Å². The zero-order chi connectivity index (χ0) is 20.8. The van der Waals surface area contributed by atoms with Gasteiger partial charge in [0, 0.05) is 20.3 Å². The van der Waals surface area contributed by atoms with Crippen molar-refractivity contribution in [1.29, 1.82) is 0 Å². The number of rotatable bonds is 5. The molecular weight excluding hydrogens is 373 g/mol. The number of amides is 2. The molecule has 1 saturated carbocycles. The van der Waals surface area contributed by atoms with Crippen molar-refractivity contribution in [1.82, 2.24) is 9.88 Å². The van der Waals surface area contributed by atoms with Gasteiger partial charge in [0.2, 0.25) is 0 Å². The highest BCUT2D eigenvalue weighted by Crippen LogP contribution is 2.34. The Morgan fingerprint density at radius 3 is 2.62 bits per heavy atom. The molecular formula is C22H26FN3O3. The summed E-state index contributed by atoms with van der Waals surface area (Å²) < 4.78 is 19.5. The number of ether oxygens (including phenoxy) is 1. The average molecular weight is 399 g/mol. The molecule has 154 valence electrons. The number of carbonyl (C=O) groups is 2. The fraction of sp³-hybridized carbons (Fsp3) is 0.409. The van der Waals surface area contributed by atoms with E-state index in [-0.39, 0.29) is 18.5 Å². The molecule has 2 amide bonds. The van der Waals surface area contributed by atoms with Crippen LogP contribution in [0, 0.1) is 5.82 Å². The molecule has 7 heteroatoms. The standard InChI is InChI=1S/C22H26FN3O3/c1-26(2)22(28)21(27)25-19-7-4-12-24-20(19)14-29-18-10-8-15(9-11-18)16-5-3-6-17(23)13-16/h3-7,12-13,15,18H,8-11,14H2,1-2H3,(H,25,27). The molecule has 0 radical (unpaired) electrons. The molecule has 1 fully saturated rings. The molecule has 1 aromatic carbocycles. The Morgan fingerprint density at radius 2 is 1.93 bits per heavy atom.